The van der Waals surface area contributed by atoms with Crippen LogP contribution in [0.15, 0.2) is 36.4 Å². The Balaban J connectivity index is 2.34. The van der Waals surface area contributed by atoms with E-state index in [9.17, 15) is 31.1 Å². The number of alkyl halides is 6. The van der Waals surface area contributed by atoms with Gasteiger partial charge in [0.1, 0.15) is 0 Å². The van der Waals surface area contributed by atoms with Gasteiger partial charge in [-0.15, -0.1) is 0 Å². The highest BCUT2D eigenvalue weighted by Gasteiger charge is 2.37. The molecule has 0 radical (unpaired) electrons. The molecule has 0 saturated heterocycles. The van der Waals surface area contributed by atoms with Crippen LogP contribution in [0, 0.1) is 0 Å². The molecule has 1 N–H and O–H groups in total. The SMILES string of the molecule is COc1ccc(/C=C/C(=O)Nc2cc(C(F)(F)F)cc(C(F)(F)F)c2)c(OC)c1OC. The maximum absolute atomic E-state index is 12.9. The van der Waals surface area contributed by atoms with Crippen LogP contribution in [0.2, 0.25) is 0 Å². The normalized spacial score (nSPS) is 12.0. The van der Waals surface area contributed by atoms with Crippen LogP contribution in [0.4, 0.5) is 32.0 Å². The van der Waals surface area contributed by atoms with Crippen molar-refractivity contribution in [1.82, 2.24) is 0 Å². The summed E-state index contributed by atoms with van der Waals surface area (Å²) in [5.74, 6) is -0.154. The van der Waals surface area contributed by atoms with E-state index in [2.05, 4.69) is 0 Å². The molecule has 31 heavy (non-hydrogen) atoms. The van der Waals surface area contributed by atoms with Crippen molar-refractivity contribution in [3.8, 4) is 17.2 Å². The summed E-state index contributed by atoms with van der Waals surface area (Å²) in [6.45, 7) is 0. The van der Waals surface area contributed by atoms with Crippen molar-refractivity contribution in [2.45, 2.75) is 12.4 Å². The monoisotopic (exact) mass is 449 g/mol. The lowest BCUT2D eigenvalue weighted by atomic mass is 10.1. The van der Waals surface area contributed by atoms with Gasteiger partial charge in [-0.2, -0.15) is 26.3 Å². The molecule has 2 rings (SSSR count). The first-order valence-corrected chi connectivity index (χ1v) is 8.48. The van der Waals surface area contributed by atoms with Gasteiger partial charge in [0.25, 0.3) is 0 Å². The van der Waals surface area contributed by atoms with Gasteiger partial charge in [0.15, 0.2) is 11.5 Å². The average molecular weight is 449 g/mol. The molecule has 0 aromatic heterocycles. The second-order valence-electron chi connectivity index (χ2n) is 6.04. The number of carbonyl (C=O) groups excluding carboxylic acids is 1. The van der Waals surface area contributed by atoms with Crippen molar-refractivity contribution >= 4 is 17.7 Å². The third-order valence-electron chi connectivity index (χ3n) is 4.00. The van der Waals surface area contributed by atoms with Gasteiger partial charge in [-0.05, 0) is 36.4 Å². The van der Waals surface area contributed by atoms with Gasteiger partial charge in [-0.1, -0.05) is 0 Å². The number of anilines is 1. The largest absolute Gasteiger partial charge is 0.493 e. The van der Waals surface area contributed by atoms with E-state index in [1.54, 1.807) is 0 Å². The molecule has 1 amide bonds. The number of halogens is 6. The summed E-state index contributed by atoms with van der Waals surface area (Å²) in [7, 11) is 4.12. The molecule has 0 saturated carbocycles. The predicted molar refractivity (Wildman–Crippen MR) is 100 cm³/mol. The number of carbonyl (C=O) groups is 1. The highest BCUT2D eigenvalue weighted by Crippen LogP contribution is 2.40. The molecule has 2 aromatic carbocycles. The number of nitrogens with one attached hydrogen (secondary N) is 1. The van der Waals surface area contributed by atoms with Gasteiger partial charge in [0.2, 0.25) is 11.7 Å². The number of hydrogen-bond acceptors (Lipinski definition) is 4. The van der Waals surface area contributed by atoms with E-state index in [1.165, 1.54) is 39.5 Å². The first kappa shape index (κ1) is 23.9. The maximum Gasteiger partial charge on any atom is 0.416 e. The minimum atomic E-state index is -5.02. The lowest BCUT2D eigenvalue weighted by Crippen LogP contribution is -2.14. The molecule has 2 aromatic rings. The Morgan fingerprint density at radius 3 is 1.84 bits per heavy atom. The van der Waals surface area contributed by atoms with E-state index in [4.69, 9.17) is 14.2 Å². The van der Waals surface area contributed by atoms with Crippen molar-refractivity contribution in [2.75, 3.05) is 26.6 Å². The molecule has 0 spiro atoms. The topological polar surface area (TPSA) is 56.8 Å². The predicted octanol–water partition coefficient (Wildman–Crippen LogP) is 5.40. The molecular formula is C20H17F6NO4. The summed E-state index contributed by atoms with van der Waals surface area (Å²) in [6.07, 6.45) is -7.86. The lowest BCUT2D eigenvalue weighted by Gasteiger charge is -2.14. The van der Waals surface area contributed by atoms with Crippen molar-refractivity contribution in [3.05, 3.63) is 53.1 Å². The third kappa shape index (κ3) is 5.83. The fourth-order valence-corrected chi connectivity index (χ4v) is 2.63. The number of amides is 1. The third-order valence-corrected chi connectivity index (χ3v) is 4.00. The van der Waals surface area contributed by atoms with E-state index in [0.29, 0.717) is 23.4 Å². The van der Waals surface area contributed by atoms with Crippen LogP contribution in [0.25, 0.3) is 6.08 Å². The van der Waals surface area contributed by atoms with Crippen LogP contribution in [-0.4, -0.2) is 27.2 Å². The summed E-state index contributed by atoms with van der Waals surface area (Å²) >= 11 is 0. The van der Waals surface area contributed by atoms with Gasteiger partial charge < -0.3 is 19.5 Å². The first-order valence-electron chi connectivity index (χ1n) is 8.48. The molecular weight excluding hydrogens is 432 g/mol. The van der Waals surface area contributed by atoms with E-state index >= 15 is 0 Å². The zero-order chi connectivity index (χ0) is 23.4. The number of benzene rings is 2. The van der Waals surface area contributed by atoms with Crippen LogP contribution < -0.4 is 19.5 Å². The Morgan fingerprint density at radius 1 is 0.839 bits per heavy atom. The van der Waals surface area contributed by atoms with E-state index < -0.39 is 35.1 Å². The van der Waals surface area contributed by atoms with Crippen LogP contribution in [0.1, 0.15) is 16.7 Å². The van der Waals surface area contributed by atoms with Gasteiger partial charge in [-0.25, -0.2) is 0 Å². The Morgan fingerprint density at radius 2 is 1.39 bits per heavy atom. The zero-order valence-corrected chi connectivity index (χ0v) is 16.4. The number of methoxy groups -OCH3 is 3. The summed E-state index contributed by atoms with van der Waals surface area (Å²) in [4.78, 5) is 12.1. The second kappa shape index (κ2) is 9.19. The van der Waals surface area contributed by atoms with Crippen LogP contribution in [-0.2, 0) is 17.1 Å². The highest BCUT2D eigenvalue weighted by molar-refractivity contribution is 6.02. The fourth-order valence-electron chi connectivity index (χ4n) is 2.63. The molecule has 0 heterocycles. The molecule has 11 heteroatoms. The van der Waals surface area contributed by atoms with Crippen molar-refractivity contribution in [2.24, 2.45) is 0 Å². The van der Waals surface area contributed by atoms with Crippen LogP contribution in [0.3, 0.4) is 0 Å². The summed E-state index contributed by atoms with van der Waals surface area (Å²) < 4.78 is 93.1. The Labute approximate surface area is 173 Å². The van der Waals surface area contributed by atoms with Gasteiger partial charge in [-0.3, -0.25) is 4.79 Å². The van der Waals surface area contributed by atoms with E-state index in [1.807, 2.05) is 5.32 Å². The Kier molecular flexibility index (Phi) is 7.09. The van der Waals surface area contributed by atoms with Crippen molar-refractivity contribution in [3.63, 3.8) is 0 Å². The lowest BCUT2D eigenvalue weighted by molar-refractivity contribution is -0.143. The second-order valence-corrected chi connectivity index (χ2v) is 6.04. The van der Waals surface area contributed by atoms with Crippen molar-refractivity contribution < 1.29 is 45.3 Å². The van der Waals surface area contributed by atoms with Crippen LogP contribution in [0.5, 0.6) is 17.2 Å². The van der Waals surface area contributed by atoms with E-state index in [-0.39, 0.29) is 17.6 Å². The number of hydrogen-bond donors (Lipinski definition) is 1. The summed E-state index contributed by atoms with van der Waals surface area (Å²) in [5, 5.41) is 2.00. The summed E-state index contributed by atoms with van der Waals surface area (Å²) in [5.41, 5.74) is -3.38. The molecule has 0 aliphatic heterocycles. The molecule has 0 unspecified atom stereocenters. The van der Waals surface area contributed by atoms with Crippen LogP contribution >= 0.6 is 0 Å². The van der Waals surface area contributed by atoms with E-state index in [0.717, 1.165) is 6.08 Å². The maximum atomic E-state index is 12.9. The van der Waals surface area contributed by atoms with Gasteiger partial charge in [0.05, 0.1) is 32.5 Å². The molecule has 0 atom stereocenters. The molecule has 0 aliphatic carbocycles. The quantitative estimate of drug-likeness (QED) is 0.474. The molecule has 0 fully saturated rings. The van der Waals surface area contributed by atoms with Gasteiger partial charge in [0, 0.05) is 17.3 Å². The zero-order valence-electron chi connectivity index (χ0n) is 16.4. The van der Waals surface area contributed by atoms with Gasteiger partial charge >= 0.3 is 12.4 Å². The highest BCUT2D eigenvalue weighted by atomic mass is 19.4. The number of rotatable bonds is 6. The summed E-state index contributed by atoms with van der Waals surface area (Å²) in [6, 6.07) is 3.85. The standard InChI is InChI=1S/C20H17F6NO4/c1-29-15-6-4-11(17(30-2)18(15)31-3)5-7-16(28)27-14-9-12(19(21,22)23)8-13(10-14)20(24,25)26/h4-10H,1-3H3,(H,27,28)/b7-5+. The minimum Gasteiger partial charge on any atom is -0.493 e. The Hall–Kier alpha value is -3.37. The fraction of sp³-hybridized carbons (Fsp3) is 0.250. The molecule has 168 valence electrons. The molecule has 0 bridgehead atoms. The average Bonchev–Trinajstić information content (AvgIpc) is 2.69. The molecule has 0 aliphatic rings. The minimum absolute atomic E-state index is 0.0278. The smallest absolute Gasteiger partial charge is 0.416 e. The van der Waals surface area contributed by atoms with Crippen molar-refractivity contribution in [1.29, 1.82) is 0 Å². The first-order chi connectivity index (χ1) is 14.4. The molecule has 5 nitrogen and oxygen atoms in total. The number of ether oxygens (including phenoxy) is 3. The Bertz CT molecular complexity index is 951.